The fourth-order valence-corrected chi connectivity index (χ4v) is 3.15. The molecule has 1 aliphatic rings. The lowest BCUT2D eigenvalue weighted by atomic mass is 10.2. The molecule has 0 bridgehead atoms. The van der Waals surface area contributed by atoms with Crippen LogP contribution in [0.3, 0.4) is 0 Å². The molecule has 0 saturated carbocycles. The quantitative estimate of drug-likeness (QED) is 0.640. The lowest BCUT2D eigenvalue weighted by molar-refractivity contribution is -0.113. The molecule has 1 amide bonds. The molecule has 1 N–H and O–H groups in total. The normalized spacial score (nSPS) is 12.2. The van der Waals surface area contributed by atoms with Gasteiger partial charge in [0.25, 0.3) is 5.22 Å². The zero-order chi connectivity index (χ0) is 18.8. The lowest BCUT2D eigenvalue weighted by Crippen LogP contribution is -2.14. The van der Waals surface area contributed by atoms with E-state index in [0.717, 1.165) is 22.9 Å². The third-order valence-electron chi connectivity index (χ3n) is 3.81. The second-order valence-corrected chi connectivity index (χ2v) is 7.08. The average Bonchev–Trinajstić information content (AvgIpc) is 3.31. The van der Waals surface area contributed by atoms with Crippen LogP contribution >= 0.6 is 23.4 Å². The van der Waals surface area contributed by atoms with E-state index in [1.807, 2.05) is 19.1 Å². The van der Waals surface area contributed by atoms with Crippen molar-refractivity contribution in [1.82, 2.24) is 10.2 Å². The van der Waals surface area contributed by atoms with Gasteiger partial charge in [0.15, 0.2) is 11.5 Å². The summed E-state index contributed by atoms with van der Waals surface area (Å²) in [7, 11) is 0. The number of aromatic nitrogens is 2. The highest BCUT2D eigenvalue weighted by Crippen LogP contribution is 2.36. The number of aryl methyl sites for hydroxylation is 1. The summed E-state index contributed by atoms with van der Waals surface area (Å²) >= 11 is 7.21. The summed E-state index contributed by atoms with van der Waals surface area (Å²) in [4.78, 5) is 12.1. The highest BCUT2D eigenvalue weighted by atomic mass is 35.5. The molecule has 3 aromatic rings. The maximum absolute atomic E-state index is 12.1. The smallest absolute Gasteiger partial charge is 0.277 e. The fourth-order valence-electron chi connectivity index (χ4n) is 2.41. The first-order valence-electron chi connectivity index (χ1n) is 8.01. The van der Waals surface area contributed by atoms with E-state index in [4.69, 9.17) is 25.5 Å². The van der Waals surface area contributed by atoms with E-state index in [-0.39, 0.29) is 18.5 Å². The van der Waals surface area contributed by atoms with Crippen LogP contribution in [-0.2, 0) is 4.79 Å². The Balaban J connectivity index is 1.36. The number of carbonyl (C=O) groups is 1. The van der Waals surface area contributed by atoms with E-state index >= 15 is 0 Å². The molecule has 4 rings (SSSR count). The van der Waals surface area contributed by atoms with Crippen molar-refractivity contribution in [2.45, 2.75) is 12.1 Å². The minimum atomic E-state index is -0.192. The number of hydrogen-bond donors (Lipinski definition) is 1. The van der Waals surface area contributed by atoms with Crippen molar-refractivity contribution in [3.8, 4) is 23.0 Å². The number of nitrogens with zero attached hydrogens (tertiary/aromatic N) is 2. The number of fused-ring (bicyclic) bond motifs is 1. The number of halogens is 1. The van der Waals surface area contributed by atoms with Crippen molar-refractivity contribution in [2.75, 3.05) is 17.9 Å². The summed E-state index contributed by atoms with van der Waals surface area (Å²) in [5.41, 5.74) is 2.31. The van der Waals surface area contributed by atoms with Crippen LogP contribution in [0.1, 0.15) is 5.56 Å². The van der Waals surface area contributed by atoms with Gasteiger partial charge in [0.2, 0.25) is 18.6 Å². The zero-order valence-corrected chi connectivity index (χ0v) is 15.8. The third kappa shape index (κ3) is 4.01. The highest BCUT2D eigenvalue weighted by Gasteiger charge is 2.17. The zero-order valence-electron chi connectivity index (χ0n) is 14.2. The van der Waals surface area contributed by atoms with Crippen LogP contribution in [0.25, 0.3) is 11.5 Å². The van der Waals surface area contributed by atoms with Crippen molar-refractivity contribution < 1.29 is 18.7 Å². The molecule has 2 heterocycles. The van der Waals surface area contributed by atoms with Crippen molar-refractivity contribution in [2.24, 2.45) is 0 Å². The van der Waals surface area contributed by atoms with Gasteiger partial charge in [-0.15, -0.1) is 10.2 Å². The van der Waals surface area contributed by atoms with Crippen LogP contribution in [0.4, 0.5) is 5.69 Å². The van der Waals surface area contributed by atoms with Gasteiger partial charge in [0.05, 0.1) is 5.75 Å². The van der Waals surface area contributed by atoms with Crippen LogP contribution in [0, 0.1) is 6.92 Å². The van der Waals surface area contributed by atoms with Gasteiger partial charge < -0.3 is 19.2 Å². The predicted octanol–water partition coefficient (Wildman–Crippen LogP) is 4.16. The van der Waals surface area contributed by atoms with Crippen LogP contribution in [0.2, 0.25) is 5.02 Å². The van der Waals surface area contributed by atoms with Gasteiger partial charge in [-0.3, -0.25) is 4.79 Å². The van der Waals surface area contributed by atoms with Gasteiger partial charge >= 0.3 is 0 Å². The van der Waals surface area contributed by atoms with E-state index in [2.05, 4.69) is 15.5 Å². The number of rotatable bonds is 5. The van der Waals surface area contributed by atoms with Crippen molar-refractivity contribution in [3.63, 3.8) is 0 Å². The molecule has 7 nitrogen and oxygen atoms in total. The molecule has 0 fully saturated rings. The maximum atomic E-state index is 12.1. The monoisotopic (exact) mass is 403 g/mol. The van der Waals surface area contributed by atoms with E-state index in [0.29, 0.717) is 33.3 Å². The van der Waals surface area contributed by atoms with E-state index in [1.54, 1.807) is 24.3 Å². The van der Waals surface area contributed by atoms with Crippen LogP contribution in [0.5, 0.6) is 11.5 Å². The summed E-state index contributed by atoms with van der Waals surface area (Å²) in [6.45, 7) is 2.10. The topological polar surface area (TPSA) is 86.5 Å². The average molecular weight is 404 g/mol. The van der Waals surface area contributed by atoms with Gasteiger partial charge in [-0.2, -0.15) is 0 Å². The van der Waals surface area contributed by atoms with Gasteiger partial charge in [0.1, 0.15) is 0 Å². The summed E-state index contributed by atoms with van der Waals surface area (Å²) in [6.07, 6.45) is 0. The minimum Gasteiger partial charge on any atom is -0.454 e. The lowest BCUT2D eigenvalue weighted by Gasteiger charge is -2.05. The van der Waals surface area contributed by atoms with Gasteiger partial charge in [-0.05, 0) is 42.8 Å². The Kier molecular flexibility index (Phi) is 4.91. The molecule has 9 heteroatoms. The molecular weight excluding hydrogens is 390 g/mol. The molecule has 0 radical (unpaired) electrons. The van der Waals surface area contributed by atoms with Gasteiger partial charge in [0, 0.05) is 16.3 Å². The van der Waals surface area contributed by atoms with Gasteiger partial charge in [-0.25, -0.2) is 0 Å². The number of thioether (sulfide) groups is 1. The molecule has 0 atom stereocenters. The van der Waals surface area contributed by atoms with Crippen molar-refractivity contribution in [3.05, 3.63) is 47.0 Å². The van der Waals surface area contributed by atoms with Gasteiger partial charge in [-0.1, -0.05) is 29.4 Å². The molecule has 0 spiro atoms. The van der Waals surface area contributed by atoms with Crippen LogP contribution in [-0.4, -0.2) is 28.7 Å². The third-order valence-corrected chi connectivity index (χ3v) is 5.03. The number of benzene rings is 2. The minimum absolute atomic E-state index is 0.133. The Morgan fingerprint density at radius 2 is 2.04 bits per heavy atom. The number of carbonyl (C=O) groups excluding carboxylic acids is 1. The molecule has 0 saturated heterocycles. The number of hydrogen-bond acceptors (Lipinski definition) is 7. The van der Waals surface area contributed by atoms with Crippen molar-refractivity contribution >= 4 is 35.0 Å². The van der Waals surface area contributed by atoms with E-state index in [1.165, 1.54) is 0 Å². The Morgan fingerprint density at radius 1 is 1.19 bits per heavy atom. The second-order valence-electron chi connectivity index (χ2n) is 5.74. The summed E-state index contributed by atoms with van der Waals surface area (Å²) in [6, 6.07) is 10.7. The first-order valence-corrected chi connectivity index (χ1v) is 9.37. The first-order chi connectivity index (χ1) is 13.1. The first kappa shape index (κ1) is 17.7. The van der Waals surface area contributed by atoms with E-state index in [9.17, 15) is 4.79 Å². The number of amides is 1. The maximum Gasteiger partial charge on any atom is 0.277 e. The van der Waals surface area contributed by atoms with Crippen molar-refractivity contribution in [1.29, 1.82) is 0 Å². The molecule has 0 aliphatic carbocycles. The predicted molar refractivity (Wildman–Crippen MR) is 101 cm³/mol. The second kappa shape index (κ2) is 7.50. The number of nitrogens with one attached hydrogen (secondary N) is 1. The van der Waals surface area contributed by atoms with E-state index < -0.39 is 0 Å². The summed E-state index contributed by atoms with van der Waals surface area (Å²) in [5, 5.41) is 11.7. The fraction of sp³-hybridized carbons (Fsp3) is 0.167. The molecule has 0 unspecified atom stereocenters. The standard InChI is InChI=1S/C18H14ClN3O4S/c1-10-2-4-12(7-13(10)19)20-16(23)8-27-18-22-21-17(26-18)11-3-5-14-15(6-11)25-9-24-14/h2-7H,8-9H2,1H3,(H,20,23). The highest BCUT2D eigenvalue weighted by molar-refractivity contribution is 7.99. The number of ether oxygens (including phenoxy) is 2. The Labute approximate surface area is 164 Å². The molecule has 27 heavy (non-hydrogen) atoms. The molecule has 138 valence electrons. The number of anilines is 1. The Hall–Kier alpha value is -2.71. The molecule has 1 aliphatic heterocycles. The molecule has 2 aromatic carbocycles. The summed E-state index contributed by atoms with van der Waals surface area (Å²) in [5.74, 6) is 1.61. The SMILES string of the molecule is Cc1ccc(NC(=O)CSc2nnc(-c3ccc4c(c3)OCO4)o2)cc1Cl. The molecular formula is C18H14ClN3O4S. The Morgan fingerprint density at radius 3 is 2.89 bits per heavy atom. The van der Waals surface area contributed by atoms with Crippen LogP contribution in [0.15, 0.2) is 46.0 Å². The molecule has 1 aromatic heterocycles. The largest absolute Gasteiger partial charge is 0.454 e. The van der Waals surface area contributed by atoms with Crippen LogP contribution < -0.4 is 14.8 Å². The Bertz CT molecular complexity index is 1010. The summed E-state index contributed by atoms with van der Waals surface area (Å²) < 4.78 is 16.2.